The zero-order valence-corrected chi connectivity index (χ0v) is 8.91. The van der Waals surface area contributed by atoms with Gasteiger partial charge in [0.1, 0.15) is 0 Å². The molecule has 2 N–H and O–H groups in total. The van der Waals surface area contributed by atoms with E-state index < -0.39 is 0 Å². The van der Waals surface area contributed by atoms with Crippen LogP contribution in [0.25, 0.3) is 0 Å². The van der Waals surface area contributed by atoms with E-state index in [0.29, 0.717) is 6.04 Å². The van der Waals surface area contributed by atoms with Crippen molar-refractivity contribution < 1.29 is 9.90 Å². The topological polar surface area (TPSA) is 52.6 Å². The predicted octanol–water partition coefficient (Wildman–Crippen LogP) is -0.136. The van der Waals surface area contributed by atoms with Gasteiger partial charge < -0.3 is 15.3 Å². The van der Waals surface area contributed by atoms with Crippen LogP contribution in [0.2, 0.25) is 0 Å². The van der Waals surface area contributed by atoms with Crippen LogP contribution in [0.3, 0.4) is 0 Å². The molecule has 84 valence electrons. The van der Waals surface area contributed by atoms with Crippen LogP contribution in [-0.2, 0) is 4.79 Å². The molecule has 3 aliphatic rings. The van der Waals surface area contributed by atoms with Crippen molar-refractivity contribution in [1.29, 1.82) is 0 Å². The molecule has 1 heterocycles. The molecule has 4 nitrogen and oxygen atoms in total. The molecule has 1 atom stereocenters. The highest BCUT2D eigenvalue weighted by atomic mass is 16.3. The number of nitrogens with one attached hydrogen (secondary N) is 1. The summed E-state index contributed by atoms with van der Waals surface area (Å²) in [5.74, 6) is 0.216. The molecule has 1 saturated heterocycles. The molecule has 4 heteroatoms. The van der Waals surface area contributed by atoms with Crippen LogP contribution in [0.1, 0.15) is 32.1 Å². The molecule has 1 amide bonds. The standard InChI is InChI=1S/C11H18N2O2/c14-7-11(4-5-11)13-6-3-9(10(13)15)12-8-1-2-8/h8-9,12,14H,1-7H2. The highest BCUT2D eigenvalue weighted by molar-refractivity contribution is 5.85. The summed E-state index contributed by atoms with van der Waals surface area (Å²) in [6.45, 7) is 0.957. The molecule has 0 spiro atoms. The minimum Gasteiger partial charge on any atom is -0.394 e. The SMILES string of the molecule is O=C1C(NC2CC2)CCN1C1(CO)CC1. The first-order chi connectivity index (χ1) is 7.25. The number of rotatable bonds is 4. The van der Waals surface area contributed by atoms with Crippen LogP contribution < -0.4 is 5.32 Å². The summed E-state index contributed by atoms with van der Waals surface area (Å²) >= 11 is 0. The molecule has 3 rings (SSSR count). The van der Waals surface area contributed by atoms with Crippen molar-refractivity contribution in [2.24, 2.45) is 0 Å². The average Bonchev–Trinajstić information content (AvgIpc) is 3.12. The number of hydrogen-bond acceptors (Lipinski definition) is 3. The Morgan fingerprint density at radius 1 is 1.40 bits per heavy atom. The summed E-state index contributed by atoms with van der Waals surface area (Å²) in [7, 11) is 0. The van der Waals surface area contributed by atoms with Gasteiger partial charge in [-0.2, -0.15) is 0 Å². The van der Waals surface area contributed by atoms with Gasteiger partial charge in [-0.25, -0.2) is 0 Å². The van der Waals surface area contributed by atoms with E-state index in [4.69, 9.17) is 0 Å². The molecule has 2 aliphatic carbocycles. The van der Waals surface area contributed by atoms with Crippen LogP contribution in [0, 0.1) is 0 Å². The summed E-state index contributed by atoms with van der Waals surface area (Å²) in [6, 6.07) is 0.615. The third-order valence-corrected chi connectivity index (χ3v) is 3.91. The molecule has 3 fully saturated rings. The lowest BCUT2D eigenvalue weighted by Crippen LogP contribution is -2.46. The number of hydrogen-bond donors (Lipinski definition) is 2. The van der Waals surface area contributed by atoms with Gasteiger partial charge in [-0.15, -0.1) is 0 Å². The molecular formula is C11H18N2O2. The van der Waals surface area contributed by atoms with E-state index in [9.17, 15) is 9.90 Å². The fourth-order valence-corrected chi connectivity index (χ4v) is 2.50. The Morgan fingerprint density at radius 2 is 2.13 bits per heavy atom. The number of aliphatic hydroxyl groups excluding tert-OH is 1. The van der Waals surface area contributed by atoms with Crippen molar-refractivity contribution in [1.82, 2.24) is 10.2 Å². The maximum absolute atomic E-state index is 12.1. The van der Waals surface area contributed by atoms with Crippen molar-refractivity contribution in [2.75, 3.05) is 13.2 Å². The van der Waals surface area contributed by atoms with Crippen molar-refractivity contribution in [2.45, 2.75) is 49.7 Å². The number of nitrogens with zero attached hydrogens (tertiary/aromatic N) is 1. The van der Waals surface area contributed by atoms with Crippen molar-refractivity contribution in [3.8, 4) is 0 Å². The Hall–Kier alpha value is -0.610. The highest BCUT2D eigenvalue weighted by Crippen LogP contribution is 2.43. The largest absolute Gasteiger partial charge is 0.394 e. The lowest BCUT2D eigenvalue weighted by molar-refractivity contribution is -0.133. The lowest BCUT2D eigenvalue weighted by atomic mass is 10.2. The van der Waals surface area contributed by atoms with Crippen LogP contribution in [-0.4, -0.2) is 46.7 Å². The summed E-state index contributed by atoms with van der Waals surface area (Å²) in [4.78, 5) is 14.0. The van der Waals surface area contributed by atoms with E-state index in [1.165, 1.54) is 12.8 Å². The van der Waals surface area contributed by atoms with E-state index in [0.717, 1.165) is 25.8 Å². The van der Waals surface area contributed by atoms with Gasteiger partial charge in [-0.1, -0.05) is 0 Å². The molecule has 0 bridgehead atoms. The van der Waals surface area contributed by atoms with E-state index in [1.54, 1.807) is 0 Å². The monoisotopic (exact) mass is 210 g/mol. The molecule has 15 heavy (non-hydrogen) atoms. The third-order valence-electron chi connectivity index (χ3n) is 3.91. The van der Waals surface area contributed by atoms with Gasteiger partial charge >= 0.3 is 0 Å². The van der Waals surface area contributed by atoms with E-state index in [-0.39, 0.29) is 24.1 Å². The van der Waals surface area contributed by atoms with Crippen molar-refractivity contribution >= 4 is 5.91 Å². The zero-order chi connectivity index (χ0) is 10.5. The Bertz CT molecular complexity index is 284. The van der Waals surface area contributed by atoms with Gasteiger partial charge in [0.25, 0.3) is 0 Å². The molecule has 1 aliphatic heterocycles. The number of carbonyl (C=O) groups is 1. The number of aliphatic hydroxyl groups is 1. The molecule has 0 aromatic rings. The van der Waals surface area contributed by atoms with Crippen LogP contribution in [0.4, 0.5) is 0 Å². The molecule has 0 aromatic heterocycles. The second-order valence-corrected chi connectivity index (χ2v) is 5.15. The summed E-state index contributed by atoms with van der Waals surface area (Å²) < 4.78 is 0. The van der Waals surface area contributed by atoms with Gasteiger partial charge in [0.05, 0.1) is 18.2 Å². The minimum absolute atomic E-state index is 0.0292. The molecule has 2 saturated carbocycles. The Kier molecular flexibility index (Phi) is 2.04. The second kappa shape index (κ2) is 3.19. The molecular weight excluding hydrogens is 192 g/mol. The van der Waals surface area contributed by atoms with E-state index in [1.807, 2.05) is 4.90 Å². The lowest BCUT2D eigenvalue weighted by Gasteiger charge is -2.26. The van der Waals surface area contributed by atoms with Crippen molar-refractivity contribution in [3.63, 3.8) is 0 Å². The van der Waals surface area contributed by atoms with Crippen LogP contribution in [0.15, 0.2) is 0 Å². The van der Waals surface area contributed by atoms with Crippen LogP contribution in [0.5, 0.6) is 0 Å². The highest BCUT2D eigenvalue weighted by Gasteiger charge is 2.53. The van der Waals surface area contributed by atoms with E-state index in [2.05, 4.69) is 5.32 Å². The predicted molar refractivity (Wildman–Crippen MR) is 55.3 cm³/mol. The van der Waals surface area contributed by atoms with Gasteiger partial charge in [0.2, 0.25) is 5.91 Å². The zero-order valence-electron chi connectivity index (χ0n) is 8.91. The third kappa shape index (κ3) is 1.56. The van der Waals surface area contributed by atoms with Gasteiger partial charge in [0.15, 0.2) is 0 Å². The Labute approximate surface area is 89.6 Å². The summed E-state index contributed by atoms with van der Waals surface area (Å²) in [5.41, 5.74) is -0.170. The number of amides is 1. The Balaban J connectivity index is 1.65. The fourth-order valence-electron chi connectivity index (χ4n) is 2.50. The summed E-state index contributed by atoms with van der Waals surface area (Å²) in [6.07, 6.45) is 5.30. The van der Waals surface area contributed by atoms with Gasteiger partial charge in [0, 0.05) is 12.6 Å². The van der Waals surface area contributed by atoms with E-state index >= 15 is 0 Å². The number of likely N-dealkylation sites (tertiary alicyclic amines) is 1. The minimum atomic E-state index is -0.170. The maximum atomic E-state index is 12.1. The summed E-state index contributed by atoms with van der Waals surface area (Å²) in [5, 5.41) is 12.7. The Morgan fingerprint density at radius 3 is 2.67 bits per heavy atom. The first-order valence-electron chi connectivity index (χ1n) is 5.94. The van der Waals surface area contributed by atoms with Crippen molar-refractivity contribution in [3.05, 3.63) is 0 Å². The average molecular weight is 210 g/mol. The maximum Gasteiger partial charge on any atom is 0.240 e. The number of carbonyl (C=O) groups excluding carboxylic acids is 1. The fraction of sp³-hybridized carbons (Fsp3) is 0.909. The first-order valence-corrected chi connectivity index (χ1v) is 5.94. The quantitative estimate of drug-likeness (QED) is 0.679. The van der Waals surface area contributed by atoms with Crippen LogP contribution >= 0.6 is 0 Å². The second-order valence-electron chi connectivity index (χ2n) is 5.15. The van der Waals surface area contributed by atoms with Gasteiger partial charge in [-0.3, -0.25) is 4.79 Å². The van der Waals surface area contributed by atoms with Gasteiger partial charge in [-0.05, 0) is 32.1 Å². The normalized spacial score (nSPS) is 33.5. The molecule has 1 unspecified atom stereocenters. The molecule has 0 radical (unpaired) electrons. The first kappa shape index (κ1) is 9.60. The molecule has 0 aromatic carbocycles. The smallest absolute Gasteiger partial charge is 0.240 e.